The van der Waals surface area contributed by atoms with E-state index >= 15 is 0 Å². The highest BCUT2D eigenvalue weighted by Crippen LogP contribution is 2.18. The first kappa shape index (κ1) is 15.3. The third-order valence-corrected chi connectivity index (χ3v) is 3.98. The number of rotatable bonds is 7. The topological polar surface area (TPSA) is 31.4 Å². The summed E-state index contributed by atoms with van der Waals surface area (Å²) in [6, 6.07) is 4.31. The highest BCUT2D eigenvalue weighted by atomic mass is 15.2. The Morgan fingerprint density at radius 3 is 3.05 bits per heavy atom. The van der Waals surface area contributed by atoms with Gasteiger partial charge in [0, 0.05) is 32.9 Å². The summed E-state index contributed by atoms with van der Waals surface area (Å²) in [4.78, 5) is 9.23. The van der Waals surface area contributed by atoms with Crippen LogP contribution in [0.25, 0.3) is 0 Å². The summed E-state index contributed by atoms with van der Waals surface area (Å²) in [6.07, 6.45) is 4.40. The fraction of sp³-hybridized carbons (Fsp3) is 0.688. The molecule has 0 aromatic carbocycles. The van der Waals surface area contributed by atoms with Crippen LogP contribution in [0.5, 0.6) is 0 Å². The molecule has 4 heteroatoms. The predicted molar refractivity (Wildman–Crippen MR) is 85.1 cm³/mol. The number of hydrogen-bond donors (Lipinski definition) is 1. The molecule has 112 valence electrons. The van der Waals surface area contributed by atoms with E-state index in [2.05, 4.69) is 53.3 Å². The number of anilines is 1. The van der Waals surface area contributed by atoms with Crippen molar-refractivity contribution >= 4 is 5.82 Å². The first-order valence-corrected chi connectivity index (χ1v) is 7.74. The summed E-state index contributed by atoms with van der Waals surface area (Å²) in [5, 5.41) is 3.44. The van der Waals surface area contributed by atoms with Crippen LogP contribution in [-0.2, 0) is 6.54 Å². The van der Waals surface area contributed by atoms with Crippen LogP contribution in [0.2, 0.25) is 0 Å². The predicted octanol–water partition coefficient (Wildman–Crippen LogP) is 1.97. The van der Waals surface area contributed by atoms with Crippen molar-refractivity contribution in [3.8, 4) is 0 Å². The van der Waals surface area contributed by atoms with E-state index in [0.29, 0.717) is 0 Å². The van der Waals surface area contributed by atoms with Gasteiger partial charge in [-0.25, -0.2) is 4.98 Å². The lowest BCUT2D eigenvalue weighted by molar-refractivity contribution is 0.395. The maximum atomic E-state index is 4.51. The zero-order chi connectivity index (χ0) is 14.4. The number of nitrogens with one attached hydrogen (secondary N) is 1. The molecule has 1 aromatic rings. The lowest BCUT2D eigenvalue weighted by atomic mass is 10.1. The highest BCUT2D eigenvalue weighted by Gasteiger charge is 2.21. The third-order valence-electron chi connectivity index (χ3n) is 3.98. The van der Waals surface area contributed by atoms with E-state index in [-0.39, 0.29) is 0 Å². The van der Waals surface area contributed by atoms with Gasteiger partial charge in [0.15, 0.2) is 0 Å². The maximum Gasteiger partial charge on any atom is 0.128 e. The van der Waals surface area contributed by atoms with Gasteiger partial charge in [0.25, 0.3) is 0 Å². The Morgan fingerprint density at radius 1 is 1.50 bits per heavy atom. The van der Waals surface area contributed by atoms with Crippen LogP contribution in [-0.4, -0.2) is 50.2 Å². The van der Waals surface area contributed by atoms with Crippen LogP contribution in [0.1, 0.15) is 25.3 Å². The molecule has 1 atom stereocenters. The molecule has 1 saturated heterocycles. The summed E-state index contributed by atoms with van der Waals surface area (Å²) < 4.78 is 0. The lowest BCUT2D eigenvalue weighted by Crippen LogP contribution is -2.28. The maximum absolute atomic E-state index is 4.51. The zero-order valence-corrected chi connectivity index (χ0v) is 13.1. The lowest BCUT2D eigenvalue weighted by Gasteiger charge is -2.22. The molecule has 0 amide bonds. The Kier molecular flexibility index (Phi) is 5.80. The molecule has 0 bridgehead atoms. The van der Waals surface area contributed by atoms with Gasteiger partial charge >= 0.3 is 0 Å². The smallest absolute Gasteiger partial charge is 0.128 e. The molecule has 1 aliphatic rings. The van der Waals surface area contributed by atoms with Gasteiger partial charge in [0.1, 0.15) is 5.82 Å². The van der Waals surface area contributed by atoms with Crippen molar-refractivity contribution < 1.29 is 0 Å². The van der Waals surface area contributed by atoms with Crippen LogP contribution in [0.4, 0.5) is 5.82 Å². The van der Waals surface area contributed by atoms with E-state index in [1.165, 1.54) is 31.5 Å². The number of pyridine rings is 1. The van der Waals surface area contributed by atoms with Crippen molar-refractivity contribution in [1.29, 1.82) is 0 Å². The van der Waals surface area contributed by atoms with Crippen LogP contribution < -0.4 is 10.2 Å². The first-order valence-electron chi connectivity index (χ1n) is 7.74. The van der Waals surface area contributed by atoms with E-state index in [1.54, 1.807) is 0 Å². The molecule has 0 spiro atoms. The Hall–Kier alpha value is -1.13. The SMILES string of the molecule is CCCNCc1ccnc(N(C)CC2CCN(C)C2)c1. The summed E-state index contributed by atoms with van der Waals surface area (Å²) in [7, 11) is 4.36. The molecule has 1 N–H and O–H groups in total. The average Bonchev–Trinajstić information content (AvgIpc) is 2.85. The molecule has 1 unspecified atom stereocenters. The van der Waals surface area contributed by atoms with Gasteiger partial charge in [-0.05, 0) is 56.6 Å². The minimum atomic E-state index is 0.772. The van der Waals surface area contributed by atoms with E-state index < -0.39 is 0 Å². The van der Waals surface area contributed by atoms with Crippen LogP contribution >= 0.6 is 0 Å². The van der Waals surface area contributed by atoms with E-state index in [1.807, 2.05) is 6.20 Å². The average molecular weight is 276 g/mol. The molecule has 2 rings (SSSR count). The van der Waals surface area contributed by atoms with E-state index in [4.69, 9.17) is 0 Å². The monoisotopic (exact) mass is 276 g/mol. The van der Waals surface area contributed by atoms with Crippen molar-refractivity contribution in [3.63, 3.8) is 0 Å². The van der Waals surface area contributed by atoms with Crippen molar-refractivity contribution in [2.75, 3.05) is 45.2 Å². The molecule has 0 saturated carbocycles. The van der Waals surface area contributed by atoms with Gasteiger partial charge in [-0.2, -0.15) is 0 Å². The largest absolute Gasteiger partial charge is 0.359 e. The zero-order valence-electron chi connectivity index (χ0n) is 13.1. The molecule has 1 fully saturated rings. The minimum Gasteiger partial charge on any atom is -0.359 e. The minimum absolute atomic E-state index is 0.772. The Morgan fingerprint density at radius 2 is 2.35 bits per heavy atom. The second-order valence-electron chi connectivity index (χ2n) is 6.00. The molecule has 20 heavy (non-hydrogen) atoms. The molecule has 1 aromatic heterocycles. The number of aromatic nitrogens is 1. The van der Waals surface area contributed by atoms with Gasteiger partial charge in [-0.15, -0.1) is 0 Å². The van der Waals surface area contributed by atoms with Crippen LogP contribution in [0, 0.1) is 5.92 Å². The summed E-state index contributed by atoms with van der Waals surface area (Å²) >= 11 is 0. The quantitative estimate of drug-likeness (QED) is 0.772. The Labute approximate surface area is 123 Å². The molecular weight excluding hydrogens is 248 g/mol. The number of nitrogens with zero attached hydrogens (tertiary/aromatic N) is 3. The first-order chi connectivity index (χ1) is 9.69. The van der Waals surface area contributed by atoms with Gasteiger partial charge in [-0.3, -0.25) is 0 Å². The van der Waals surface area contributed by atoms with E-state index in [9.17, 15) is 0 Å². The fourth-order valence-corrected chi connectivity index (χ4v) is 2.84. The molecule has 0 radical (unpaired) electrons. The second-order valence-corrected chi connectivity index (χ2v) is 6.00. The van der Waals surface area contributed by atoms with Crippen LogP contribution in [0.3, 0.4) is 0 Å². The van der Waals surface area contributed by atoms with Crippen molar-refractivity contribution in [3.05, 3.63) is 23.9 Å². The normalized spacial score (nSPS) is 19.4. The summed E-state index contributed by atoms with van der Waals surface area (Å²) in [5.74, 6) is 1.86. The van der Waals surface area contributed by atoms with Gasteiger partial charge < -0.3 is 15.1 Å². The second kappa shape index (κ2) is 7.60. The van der Waals surface area contributed by atoms with E-state index in [0.717, 1.165) is 31.4 Å². The Balaban J connectivity index is 1.88. The standard InChI is InChI=1S/C16H28N4/c1-4-7-17-11-14-5-8-18-16(10-14)20(3)13-15-6-9-19(2)12-15/h5,8,10,15,17H,4,6-7,9,11-13H2,1-3H3. The molecule has 0 aliphatic carbocycles. The third kappa shape index (κ3) is 4.46. The highest BCUT2D eigenvalue weighted by molar-refractivity contribution is 5.40. The fourth-order valence-electron chi connectivity index (χ4n) is 2.84. The van der Waals surface area contributed by atoms with Gasteiger partial charge in [0.05, 0.1) is 0 Å². The van der Waals surface area contributed by atoms with Crippen molar-refractivity contribution in [1.82, 2.24) is 15.2 Å². The summed E-state index contributed by atoms with van der Waals surface area (Å²) in [6.45, 7) is 7.74. The number of hydrogen-bond acceptors (Lipinski definition) is 4. The number of likely N-dealkylation sites (tertiary alicyclic amines) is 1. The summed E-state index contributed by atoms with van der Waals surface area (Å²) in [5.41, 5.74) is 1.32. The van der Waals surface area contributed by atoms with Crippen molar-refractivity contribution in [2.45, 2.75) is 26.3 Å². The molecule has 2 heterocycles. The Bertz CT molecular complexity index is 407. The molecule has 4 nitrogen and oxygen atoms in total. The van der Waals surface area contributed by atoms with Gasteiger partial charge in [0.2, 0.25) is 0 Å². The van der Waals surface area contributed by atoms with Gasteiger partial charge in [-0.1, -0.05) is 6.92 Å². The van der Waals surface area contributed by atoms with Crippen molar-refractivity contribution in [2.24, 2.45) is 5.92 Å². The van der Waals surface area contributed by atoms with Crippen LogP contribution in [0.15, 0.2) is 18.3 Å². The molecule has 1 aliphatic heterocycles. The molecular formula is C16H28N4.